The summed E-state index contributed by atoms with van der Waals surface area (Å²) in [7, 11) is -2.67. The van der Waals surface area contributed by atoms with Gasteiger partial charge in [-0.15, -0.1) is 0 Å². The van der Waals surface area contributed by atoms with Gasteiger partial charge in [0.05, 0.1) is 6.61 Å². The normalized spacial score (nSPS) is 16.4. The molecule has 8 nitrogen and oxygen atoms in total. The number of hydrogen-bond donors (Lipinski definition) is 5. The highest BCUT2D eigenvalue weighted by Gasteiger charge is 2.28. The second-order valence-corrected chi connectivity index (χ2v) is 5.74. The van der Waals surface area contributed by atoms with Crippen molar-refractivity contribution in [3.63, 3.8) is 0 Å². The average Bonchev–Trinajstić information content (AvgIpc) is 2.22. The Balaban J connectivity index is 0. The minimum atomic E-state index is -2.67. The van der Waals surface area contributed by atoms with Crippen LogP contribution in [0.2, 0.25) is 0 Å². The molecule has 0 heterocycles. The van der Waals surface area contributed by atoms with Crippen molar-refractivity contribution in [2.45, 2.75) is 18.3 Å². The van der Waals surface area contributed by atoms with Crippen molar-refractivity contribution >= 4 is 15.6 Å². The highest BCUT2D eigenvalue weighted by molar-refractivity contribution is 7.89. The first-order valence-electron chi connectivity index (χ1n) is 4.48. The predicted molar refractivity (Wildman–Crippen MR) is 58.0 cm³/mol. The molecule has 0 radical (unpaired) electrons. The lowest BCUT2D eigenvalue weighted by atomic mass is 10.1. The van der Waals surface area contributed by atoms with E-state index in [-0.39, 0.29) is 0 Å². The summed E-state index contributed by atoms with van der Waals surface area (Å²) in [5, 5.41) is 43.1. The fourth-order valence-corrected chi connectivity index (χ4v) is 0.602. The van der Waals surface area contributed by atoms with E-state index in [4.69, 9.17) is 25.5 Å². The molecule has 0 aromatic carbocycles. The molecule has 0 bridgehead atoms. The molecule has 0 spiro atoms. The van der Waals surface area contributed by atoms with Crippen LogP contribution in [0.3, 0.4) is 0 Å². The van der Waals surface area contributed by atoms with Crippen molar-refractivity contribution in [1.82, 2.24) is 0 Å². The Hall–Kier alpha value is -0.580. The van der Waals surface area contributed by atoms with Gasteiger partial charge in [-0.1, -0.05) is 0 Å². The van der Waals surface area contributed by atoms with Gasteiger partial charge in [-0.3, -0.25) is 4.79 Å². The van der Waals surface area contributed by atoms with E-state index >= 15 is 0 Å². The Morgan fingerprint density at radius 2 is 1.47 bits per heavy atom. The van der Waals surface area contributed by atoms with Gasteiger partial charge in [-0.2, -0.15) is 0 Å². The minimum Gasteiger partial charge on any atom is -0.394 e. The summed E-state index contributed by atoms with van der Waals surface area (Å²) in [4.78, 5) is 10.5. The summed E-state index contributed by atoms with van der Waals surface area (Å²) in [6.45, 7) is -1.69. The van der Waals surface area contributed by atoms with Gasteiger partial charge in [0.25, 0.3) is 0 Å². The molecule has 17 heavy (non-hydrogen) atoms. The van der Waals surface area contributed by atoms with Gasteiger partial charge in [0.2, 0.25) is 0 Å². The summed E-state index contributed by atoms with van der Waals surface area (Å²) in [5.41, 5.74) is 0. The van der Waals surface area contributed by atoms with Crippen molar-refractivity contribution < 1.29 is 38.7 Å². The fourth-order valence-electron chi connectivity index (χ4n) is 0.602. The van der Waals surface area contributed by atoms with Crippen LogP contribution < -0.4 is 0 Å². The molecule has 0 unspecified atom stereocenters. The highest BCUT2D eigenvalue weighted by atomic mass is 32.2. The quantitative estimate of drug-likeness (QED) is 0.343. The molecule has 9 heteroatoms. The molecule has 104 valence electrons. The second-order valence-electron chi connectivity index (χ2n) is 3.45. The molecule has 5 N–H and O–H groups in total. The number of hydrogen-bond acceptors (Lipinski definition) is 8. The zero-order chi connectivity index (χ0) is 14.2. The number of sulfone groups is 1. The molecule has 0 aliphatic heterocycles. The highest BCUT2D eigenvalue weighted by Crippen LogP contribution is 2.00. The van der Waals surface area contributed by atoms with Crippen LogP contribution in [0, 0.1) is 0 Å². The van der Waals surface area contributed by atoms with E-state index in [9.17, 15) is 13.2 Å². The van der Waals surface area contributed by atoms with E-state index in [2.05, 4.69) is 0 Å². The number of carbonyl (C=O) groups excluding carboxylic acids is 1. The van der Waals surface area contributed by atoms with Crippen LogP contribution in [0.1, 0.15) is 0 Å². The summed E-state index contributed by atoms with van der Waals surface area (Å²) in [6, 6.07) is 0. The number of Topliss-reactive ketones (excluding diaryl/α,β-unsaturated/α-hetero) is 1. The molecule has 0 aromatic heterocycles. The van der Waals surface area contributed by atoms with Crippen molar-refractivity contribution in [1.29, 1.82) is 0 Å². The topological polar surface area (TPSA) is 152 Å². The molecular weight excluding hydrogens is 256 g/mol. The van der Waals surface area contributed by atoms with E-state index in [1.165, 1.54) is 0 Å². The van der Waals surface area contributed by atoms with E-state index in [1.807, 2.05) is 0 Å². The largest absolute Gasteiger partial charge is 0.394 e. The molecule has 0 saturated carbocycles. The summed E-state index contributed by atoms with van der Waals surface area (Å²) in [6.07, 6.45) is -2.90. The average molecular weight is 274 g/mol. The molecule has 0 saturated heterocycles. The van der Waals surface area contributed by atoms with Crippen molar-refractivity contribution in [2.24, 2.45) is 0 Å². The maximum atomic E-state index is 10.5. The van der Waals surface area contributed by atoms with Gasteiger partial charge < -0.3 is 25.5 Å². The van der Waals surface area contributed by atoms with Crippen LogP contribution in [0.25, 0.3) is 0 Å². The molecule has 3 atom stereocenters. The van der Waals surface area contributed by atoms with E-state index in [1.54, 1.807) is 0 Å². The van der Waals surface area contributed by atoms with Gasteiger partial charge in [-0.05, 0) is 0 Å². The molecule has 0 amide bonds. The Bertz CT molecular complexity index is 303. The Morgan fingerprint density at radius 3 is 1.71 bits per heavy atom. The lowest BCUT2D eigenvalue weighted by Gasteiger charge is -2.19. The third kappa shape index (κ3) is 11.7. The van der Waals surface area contributed by atoms with Crippen LogP contribution in [0.15, 0.2) is 0 Å². The lowest BCUT2D eigenvalue weighted by Crippen LogP contribution is -2.44. The number of aliphatic hydroxyl groups is 5. The summed E-state index contributed by atoms with van der Waals surface area (Å²) < 4.78 is 19.3. The minimum absolute atomic E-state index is 0.767. The van der Waals surface area contributed by atoms with Gasteiger partial charge in [0.15, 0.2) is 5.78 Å². The molecule has 0 aliphatic rings. The monoisotopic (exact) mass is 274 g/mol. The van der Waals surface area contributed by atoms with Gasteiger partial charge in [-0.25, -0.2) is 8.42 Å². The van der Waals surface area contributed by atoms with E-state index in [0.717, 1.165) is 12.5 Å². The second kappa shape index (κ2) is 8.50. The molecule has 0 aromatic rings. The van der Waals surface area contributed by atoms with Crippen LogP contribution in [-0.2, 0) is 14.6 Å². The van der Waals surface area contributed by atoms with E-state index < -0.39 is 47.1 Å². The first-order chi connectivity index (χ1) is 7.54. The van der Waals surface area contributed by atoms with E-state index in [0.29, 0.717) is 0 Å². The van der Waals surface area contributed by atoms with Crippen molar-refractivity contribution in [2.75, 3.05) is 25.7 Å². The zero-order valence-corrected chi connectivity index (χ0v) is 10.3. The number of ketones is 1. The first kappa shape index (κ1) is 18.8. The molecule has 0 aliphatic carbocycles. The third-order valence-corrected chi connectivity index (χ3v) is 1.39. The van der Waals surface area contributed by atoms with Crippen molar-refractivity contribution in [3.8, 4) is 0 Å². The first-order valence-corrected chi connectivity index (χ1v) is 6.78. The lowest BCUT2D eigenvalue weighted by molar-refractivity contribution is -0.142. The van der Waals surface area contributed by atoms with Gasteiger partial charge in [0, 0.05) is 12.5 Å². The van der Waals surface area contributed by atoms with Crippen molar-refractivity contribution in [3.05, 3.63) is 0 Å². The Morgan fingerprint density at radius 1 is 1.12 bits per heavy atom. The number of carbonyl (C=O) groups is 1. The van der Waals surface area contributed by atoms with Gasteiger partial charge in [0.1, 0.15) is 34.8 Å². The summed E-state index contributed by atoms with van der Waals surface area (Å²) in [5.74, 6) is -1.00. The van der Waals surface area contributed by atoms with Gasteiger partial charge >= 0.3 is 0 Å². The smallest absolute Gasteiger partial charge is 0.189 e. The van der Waals surface area contributed by atoms with Crippen LogP contribution >= 0.6 is 0 Å². The number of aliphatic hydroxyl groups excluding tert-OH is 5. The fraction of sp³-hybridized carbons (Fsp3) is 0.875. The standard InChI is InChI=1S/C6H12O6.C2H6O2S/c7-1-3(9)5(11)6(12)4(10)2-8;1-5(2,3)4/h3,5-9,11-12H,1-2H2;1-2H3/t3-,5+,6+;/m1./s1. The maximum Gasteiger partial charge on any atom is 0.189 e. The molecular formula is C8H18O8S. The summed E-state index contributed by atoms with van der Waals surface area (Å²) >= 11 is 0. The molecule has 0 rings (SSSR count). The zero-order valence-electron chi connectivity index (χ0n) is 9.52. The molecule has 0 fully saturated rings. The maximum absolute atomic E-state index is 10.5. The van der Waals surface area contributed by atoms with Crippen LogP contribution in [0.5, 0.6) is 0 Å². The Labute approximate surface area is 99.1 Å². The Kier molecular flexibility index (Phi) is 9.39. The van der Waals surface area contributed by atoms with Crippen LogP contribution in [0.4, 0.5) is 0 Å². The predicted octanol–water partition coefficient (Wildman–Crippen LogP) is -3.72. The third-order valence-electron chi connectivity index (χ3n) is 1.39. The SMILES string of the molecule is CS(C)(=O)=O.O=C(CO)[C@H](O)[C@@H](O)[C@H](O)CO. The number of rotatable bonds is 5. The van der Waals surface area contributed by atoms with Crippen LogP contribution in [-0.4, -0.2) is 83.8 Å².